The van der Waals surface area contributed by atoms with E-state index in [2.05, 4.69) is 20.9 Å². The van der Waals surface area contributed by atoms with Crippen molar-refractivity contribution >= 4 is 40.1 Å². The molecule has 0 spiro atoms. The van der Waals surface area contributed by atoms with Crippen LogP contribution in [0.4, 0.5) is 10.8 Å². The number of nitro benzene ring substituents is 1. The van der Waals surface area contributed by atoms with E-state index in [4.69, 9.17) is 5.26 Å². The maximum absolute atomic E-state index is 11.0. The SMILES string of the molecule is N#CSc1sc(N/N=C\c2ccccc2[N+](=O)[O-])nc1-c1ccccc1. The third kappa shape index (κ3) is 4.05. The van der Waals surface area contributed by atoms with Crippen molar-refractivity contribution < 1.29 is 4.92 Å². The largest absolute Gasteiger partial charge is 0.278 e. The molecule has 0 aliphatic heterocycles. The lowest BCUT2D eigenvalue weighted by Gasteiger charge is -1.97. The van der Waals surface area contributed by atoms with E-state index < -0.39 is 4.92 Å². The lowest BCUT2D eigenvalue weighted by Crippen LogP contribution is -1.96. The van der Waals surface area contributed by atoms with Gasteiger partial charge in [0.1, 0.15) is 9.61 Å². The molecule has 0 aliphatic carbocycles. The topological polar surface area (TPSA) is 104 Å². The number of hydrogen-bond donors (Lipinski definition) is 1. The molecule has 3 rings (SSSR count). The molecule has 1 aromatic heterocycles. The molecule has 26 heavy (non-hydrogen) atoms. The Bertz CT molecular complexity index is 996. The summed E-state index contributed by atoms with van der Waals surface area (Å²) in [5.74, 6) is 0. The minimum absolute atomic E-state index is 0.0251. The summed E-state index contributed by atoms with van der Waals surface area (Å²) in [5, 5.41) is 26.6. The van der Waals surface area contributed by atoms with Crippen molar-refractivity contribution in [2.45, 2.75) is 4.21 Å². The molecule has 0 amide bonds. The second kappa shape index (κ2) is 8.24. The minimum atomic E-state index is -0.458. The highest BCUT2D eigenvalue weighted by Crippen LogP contribution is 2.38. The van der Waals surface area contributed by atoms with E-state index in [1.54, 1.807) is 18.2 Å². The summed E-state index contributed by atoms with van der Waals surface area (Å²) >= 11 is 2.33. The zero-order chi connectivity index (χ0) is 18.4. The first-order valence-corrected chi connectivity index (χ1v) is 8.97. The van der Waals surface area contributed by atoms with Crippen LogP contribution in [0.1, 0.15) is 5.56 Å². The quantitative estimate of drug-likeness (QED) is 0.217. The number of para-hydroxylation sites is 1. The zero-order valence-electron chi connectivity index (χ0n) is 13.2. The number of hydrazone groups is 1. The third-order valence-electron chi connectivity index (χ3n) is 3.28. The van der Waals surface area contributed by atoms with Crippen LogP contribution in [0.5, 0.6) is 0 Å². The van der Waals surface area contributed by atoms with Gasteiger partial charge in [-0.3, -0.25) is 15.5 Å². The molecular weight excluding hydrogens is 370 g/mol. The van der Waals surface area contributed by atoms with Crippen molar-refractivity contribution in [3.05, 3.63) is 70.3 Å². The summed E-state index contributed by atoms with van der Waals surface area (Å²) in [4.78, 5) is 15.0. The van der Waals surface area contributed by atoms with Crippen molar-refractivity contribution in [1.29, 1.82) is 5.26 Å². The Balaban J connectivity index is 1.83. The molecule has 3 aromatic rings. The summed E-state index contributed by atoms with van der Waals surface area (Å²) in [6, 6.07) is 15.9. The van der Waals surface area contributed by atoms with Crippen molar-refractivity contribution in [1.82, 2.24) is 4.98 Å². The number of nitro groups is 1. The molecule has 0 radical (unpaired) electrons. The number of nitrogens with zero attached hydrogens (tertiary/aromatic N) is 4. The Morgan fingerprint density at radius 1 is 1.23 bits per heavy atom. The minimum Gasteiger partial charge on any atom is -0.258 e. The van der Waals surface area contributed by atoms with Gasteiger partial charge in [-0.2, -0.15) is 10.4 Å². The highest BCUT2D eigenvalue weighted by molar-refractivity contribution is 8.05. The number of benzene rings is 2. The highest BCUT2D eigenvalue weighted by Gasteiger charge is 2.14. The van der Waals surface area contributed by atoms with Crippen LogP contribution in [0, 0.1) is 20.8 Å². The number of thiazole rings is 1. The summed E-state index contributed by atoms with van der Waals surface area (Å²) in [7, 11) is 0. The molecule has 1 heterocycles. The summed E-state index contributed by atoms with van der Waals surface area (Å²) in [5.41, 5.74) is 4.74. The normalized spacial score (nSPS) is 10.6. The van der Waals surface area contributed by atoms with Crippen molar-refractivity contribution in [3.63, 3.8) is 0 Å². The second-order valence-corrected chi connectivity index (χ2v) is 6.95. The number of hydrogen-bond acceptors (Lipinski definition) is 8. The van der Waals surface area contributed by atoms with Gasteiger partial charge in [-0.1, -0.05) is 53.8 Å². The molecular formula is C17H11N5O2S2. The second-order valence-electron chi connectivity index (χ2n) is 4.90. The van der Waals surface area contributed by atoms with Crippen LogP contribution in [-0.2, 0) is 0 Å². The van der Waals surface area contributed by atoms with Gasteiger partial charge < -0.3 is 0 Å². The van der Waals surface area contributed by atoms with Gasteiger partial charge in [-0.05, 0) is 6.07 Å². The molecule has 128 valence electrons. The molecule has 7 nitrogen and oxygen atoms in total. The van der Waals surface area contributed by atoms with Crippen LogP contribution < -0.4 is 5.43 Å². The number of aromatic nitrogens is 1. The van der Waals surface area contributed by atoms with Crippen LogP contribution in [-0.4, -0.2) is 16.1 Å². The summed E-state index contributed by atoms with van der Waals surface area (Å²) in [6.07, 6.45) is 1.37. The number of nitrogens with one attached hydrogen (secondary N) is 1. The van der Waals surface area contributed by atoms with Gasteiger partial charge in [0.2, 0.25) is 5.13 Å². The predicted molar refractivity (Wildman–Crippen MR) is 103 cm³/mol. The highest BCUT2D eigenvalue weighted by atomic mass is 32.2. The van der Waals surface area contributed by atoms with E-state index in [-0.39, 0.29) is 5.69 Å². The molecule has 0 saturated heterocycles. The Kier molecular flexibility index (Phi) is 5.58. The smallest absolute Gasteiger partial charge is 0.258 e. The lowest BCUT2D eigenvalue weighted by atomic mass is 10.2. The Hall–Kier alpha value is -3.22. The van der Waals surface area contributed by atoms with Crippen LogP contribution in [0.15, 0.2) is 63.9 Å². The van der Waals surface area contributed by atoms with Crippen LogP contribution in [0.3, 0.4) is 0 Å². The number of anilines is 1. The zero-order valence-corrected chi connectivity index (χ0v) is 14.8. The van der Waals surface area contributed by atoms with E-state index in [0.717, 1.165) is 21.5 Å². The van der Waals surface area contributed by atoms with E-state index in [1.807, 2.05) is 30.3 Å². The van der Waals surface area contributed by atoms with E-state index in [0.29, 0.717) is 16.4 Å². The van der Waals surface area contributed by atoms with Gasteiger partial charge in [0, 0.05) is 23.4 Å². The van der Waals surface area contributed by atoms with Gasteiger partial charge >= 0.3 is 0 Å². The number of thioether (sulfide) groups is 1. The predicted octanol–water partition coefficient (Wildman–Crippen LogP) is 4.74. The van der Waals surface area contributed by atoms with Gasteiger partial charge in [-0.15, -0.1) is 0 Å². The molecule has 0 saturated carbocycles. The van der Waals surface area contributed by atoms with Crippen molar-refractivity contribution in [2.24, 2.45) is 5.10 Å². The average molecular weight is 381 g/mol. The van der Waals surface area contributed by atoms with Crippen LogP contribution in [0.2, 0.25) is 0 Å². The Morgan fingerprint density at radius 2 is 1.96 bits per heavy atom. The van der Waals surface area contributed by atoms with Gasteiger partial charge in [-0.25, -0.2) is 4.98 Å². The van der Waals surface area contributed by atoms with E-state index >= 15 is 0 Å². The molecule has 9 heteroatoms. The van der Waals surface area contributed by atoms with Gasteiger partial charge in [0.05, 0.1) is 22.4 Å². The van der Waals surface area contributed by atoms with Crippen molar-refractivity contribution in [2.75, 3.05) is 5.43 Å². The molecule has 0 bridgehead atoms. The Labute approximate surface area is 157 Å². The molecule has 1 N–H and O–H groups in total. The fourth-order valence-electron chi connectivity index (χ4n) is 2.16. The monoisotopic (exact) mass is 381 g/mol. The summed E-state index contributed by atoms with van der Waals surface area (Å²) in [6.45, 7) is 0. The fraction of sp³-hybridized carbons (Fsp3) is 0. The first-order chi connectivity index (χ1) is 12.7. The van der Waals surface area contributed by atoms with Crippen LogP contribution in [0.25, 0.3) is 11.3 Å². The first kappa shape index (κ1) is 17.6. The number of rotatable bonds is 6. The average Bonchev–Trinajstić information content (AvgIpc) is 3.06. The van der Waals surface area contributed by atoms with Gasteiger partial charge in [0.15, 0.2) is 0 Å². The van der Waals surface area contributed by atoms with Gasteiger partial charge in [0.25, 0.3) is 5.69 Å². The maximum Gasteiger partial charge on any atom is 0.278 e. The fourth-order valence-corrected chi connectivity index (χ4v) is 3.69. The summed E-state index contributed by atoms with van der Waals surface area (Å²) < 4.78 is 0.752. The van der Waals surface area contributed by atoms with E-state index in [9.17, 15) is 10.1 Å². The third-order valence-corrected chi connectivity index (χ3v) is 5.00. The molecule has 2 aromatic carbocycles. The standard InChI is InChI=1S/C17H11N5O2S2/c18-11-25-16-15(12-6-2-1-3-7-12)20-17(26-16)21-19-10-13-8-4-5-9-14(13)22(23)24/h1-10H,(H,20,21)/b19-10-. The molecule has 0 fully saturated rings. The lowest BCUT2D eigenvalue weighted by molar-refractivity contribution is -0.385. The maximum atomic E-state index is 11.0. The Morgan fingerprint density at radius 3 is 2.69 bits per heavy atom. The van der Waals surface area contributed by atoms with Crippen LogP contribution >= 0.6 is 23.1 Å². The number of thiocyanates is 1. The van der Waals surface area contributed by atoms with E-state index in [1.165, 1.54) is 23.6 Å². The van der Waals surface area contributed by atoms with Crippen molar-refractivity contribution in [3.8, 4) is 16.7 Å². The molecule has 0 aliphatic rings. The number of nitriles is 1. The first-order valence-electron chi connectivity index (χ1n) is 7.33. The molecule has 0 unspecified atom stereocenters. The molecule has 0 atom stereocenters.